The van der Waals surface area contributed by atoms with Crippen LogP contribution >= 0.6 is 0 Å². The second-order valence-corrected chi connectivity index (χ2v) is 11.1. The zero-order chi connectivity index (χ0) is 24.8. The van der Waals surface area contributed by atoms with Crippen molar-refractivity contribution < 1.29 is 22.3 Å². The Morgan fingerprint density at radius 2 is 1.69 bits per heavy atom. The van der Waals surface area contributed by atoms with Gasteiger partial charge in [0, 0.05) is 25.6 Å². The van der Waals surface area contributed by atoms with Gasteiger partial charge in [-0.1, -0.05) is 30.7 Å². The molecule has 0 aromatic heterocycles. The highest BCUT2D eigenvalue weighted by atomic mass is 32.2. The van der Waals surface area contributed by atoms with E-state index in [4.69, 9.17) is 4.74 Å². The number of methoxy groups -OCH3 is 1. The van der Waals surface area contributed by atoms with Gasteiger partial charge in [-0.3, -0.25) is 9.69 Å². The Morgan fingerprint density at radius 1 is 1.03 bits per heavy atom. The Hall–Kier alpha value is -2.49. The lowest BCUT2D eigenvalue weighted by Crippen LogP contribution is -2.45. The van der Waals surface area contributed by atoms with Crippen LogP contribution in [0.2, 0.25) is 0 Å². The van der Waals surface area contributed by atoms with Crippen LogP contribution in [0.3, 0.4) is 0 Å². The zero-order valence-electron chi connectivity index (χ0n) is 20.2. The summed E-state index contributed by atoms with van der Waals surface area (Å²) < 4.78 is 46.3. The number of likely N-dealkylation sites (tertiary alicyclic amines) is 1. The van der Waals surface area contributed by atoms with E-state index in [1.807, 2.05) is 12.1 Å². The summed E-state index contributed by atoms with van der Waals surface area (Å²) in [5.74, 6) is -0.273. The SMILES string of the molecule is COc1ccc([C@H](CNC(=O)C2CCN(S(=O)(=O)c3ccccc3F)CC2)N2CCCCC2)cc1. The van der Waals surface area contributed by atoms with Crippen LogP contribution in [0.1, 0.15) is 43.7 Å². The molecular weight excluding hydrogens is 469 g/mol. The number of benzene rings is 2. The first-order valence-corrected chi connectivity index (χ1v) is 13.7. The maximum absolute atomic E-state index is 14.1. The molecule has 0 spiro atoms. The number of sulfonamides is 1. The smallest absolute Gasteiger partial charge is 0.245 e. The molecule has 35 heavy (non-hydrogen) atoms. The highest BCUT2D eigenvalue weighted by molar-refractivity contribution is 7.89. The lowest BCUT2D eigenvalue weighted by Gasteiger charge is -2.36. The van der Waals surface area contributed by atoms with Gasteiger partial charge in [0.2, 0.25) is 15.9 Å². The van der Waals surface area contributed by atoms with Gasteiger partial charge in [0.1, 0.15) is 16.5 Å². The van der Waals surface area contributed by atoms with Crippen molar-refractivity contribution in [3.63, 3.8) is 0 Å². The molecule has 2 saturated heterocycles. The first-order valence-electron chi connectivity index (χ1n) is 12.3. The third-order valence-electron chi connectivity index (χ3n) is 7.08. The lowest BCUT2D eigenvalue weighted by atomic mass is 9.96. The summed E-state index contributed by atoms with van der Waals surface area (Å²) in [6.07, 6.45) is 4.35. The van der Waals surface area contributed by atoms with Crippen molar-refractivity contribution in [2.75, 3.05) is 39.8 Å². The molecule has 0 bridgehead atoms. The maximum Gasteiger partial charge on any atom is 0.245 e. The maximum atomic E-state index is 14.1. The number of rotatable bonds is 8. The molecule has 190 valence electrons. The number of halogens is 1. The van der Waals surface area contributed by atoms with Crippen molar-refractivity contribution in [3.8, 4) is 5.75 Å². The largest absolute Gasteiger partial charge is 0.497 e. The van der Waals surface area contributed by atoms with Crippen molar-refractivity contribution in [2.45, 2.75) is 43.0 Å². The van der Waals surface area contributed by atoms with Crippen LogP contribution in [0, 0.1) is 11.7 Å². The highest BCUT2D eigenvalue weighted by Gasteiger charge is 2.34. The van der Waals surface area contributed by atoms with Crippen molar-refractivity contribution in [1.29, 1.82) is 0 Å². The number of ether oxygens (including phenoxy) is 1. The standard InChI is InChI=1S/C26H34FN3O4S/c1-34-22-11-9-20(10-12-22)24(29-15-5-2-6-16-29)19-28-26(31)21-13-17-30(18-14-21)35(32,33)25-8-4-3-7-23(25)27/h3-4,7-12,21,24H,2,5-6,13-19H2,1H3,(H,28,31)/t24-/m0/s1. The van der Waals surface area contributed by atoms with Gasteiger partial charge in [-0.25, -0.2) is 12.8 Å². The molecule has 2 aliphatic rings. The van der Waals surface area contributed by atoms with Crippen molar-refractivity contribution >= 4 is 15.9 Å². The summed E-state index contributed by atoms with van der Waals surface area (Å²) >= 11 is 0. The second kappa shape index (κ2) is 11.5. The Bertz CT molecular complexity index is 1100. The van der Waals surface area contributed by atoms with Gasteiger partial charge in [-0.15, -0.1) is 0 Å². The Labute approximate surface area is 207 Å². The van der Waals surface area contributed by atoms with E-state index in [0.717, 1.165) is 43.3 Å². The highest BCUT2D eigenvalue weighted by Crippen LogP contribution is 2.28. The van der Waals surface area contributed by atoms with Crippen molar-refractivity contribution in [1.82, 2.24) is 14.5 Å². The molecule has 1 atom stereocenters. The molecule has 0 unspecified atom stereocenters. The monoisotopic (exact) mass is 503 g/mol. The fraction of sp³-hybridized carbons (Fsp3) is 0.500. The molecule has 2 fully saturated rings. The zero-order valence-corrected chi connectivity index (χ0v) is 21.0. The Morgan fingerprint density at radius 3 is 2.31 bits per heavy atom. The van der Waals surface area contributed by atoms with Gasteiger partial charge in [-0.05, 0) is 68.6 Å². The molecule has 2 aliphatic heterocycles. The number of hydrogen-bond acceptors (Lipinski definition) is 5. The predicted molar refractivity (Wildman–Crippen MR) is 132 cm³/mol. The summed E-state index contributed by atoms with van der Waals surface area (Å²) in [5, 5.41) is 3.13. The van der Waals surface area contributed by atoms with Crippen LogP contribution in [-0.4, -0.2) is 63.4 Å². The summed E-state index contributed by atoms with van der Waals surface area (Å²) in [7, 11) is -2.27. The van der Waals surface area contributed by atoms with Gasteiger partial charge >= 0.3 is 0 Å². The van der Waals surface area contributed by atoms with Crippen molar-refractivity contribution in [2.24, 2.45) is 5.92 Å². The van der Waals surface area contributed by atoms with E-state index < -0.39 is 15.8 Å². The van der Waals surface area contributed by atoms with Gasteiger partial charge in [-0.2, -0.15) is 4.31 Å². The molecule has 0 aliphatic carbocycles. The van der Waals surface area contributed by atoms with Gasteiger partial charge in [0.05, 0.1) is 13.2 Å². The summed E-state index contributed by atoms with van der Waals surface area (Å²) in [4.78, 5) is 15.1. The normalized spacial score (nSPS) is 19.3. The molecule has 1 amide bonds. The minimum atomic E-state index is -3.91. The lowest BCUT2D eigenvalue weighted by molar-refractivity contribution is -0.126. The number of nitrogens with zero attached hydrogens (tertiary/aromatic N) is 2. The number of hydrogen-bond donors (Lipinski definition) is 1. The van der Waals surface area contributed by atoms with E-state index in [1.165, 1.54) is 28.9 Å². The Balaban J connectivity index is 1.36. The van der Waals surface area contributed by atoms with Crippen LogP contribution < -0.4 is 10.1 Å². The summed E-state index contributed by atoms with van der Waals surface area (Å²) in [6, 6.07) is 13.5. The quantitative estimate of drug-likeness (QED) is 0.596. The molecular formula is C26H34FN3O4S. The number of amides is 1. The van der Waals surface area contributed by atoms with E-state index in [-0.39, 0.29) is 35.9 Å². The van der Waals surface area contributed by atoms with Crippen molar-refractivity contribution in [3.05, 3.63) is 59.9 Å². The topological polar surface area (TPSA) is 79.0 Å². The molecule has 2 aromatic carbocycles. The molecule has 4 rings (SSSR count). The Kier molecular flexibility index (Phi) is 8.41. The number of carbonyl (C=O) groups is 1. The minimum absolute atomic E-state index is 0.0524. The summed E-state index contributed by atoms with van der Waals surface area (Å²) in [6.45, 7) is 2.89. The van der Waals surface area contributed by atoms with Crippen LogP contribution in [0.4, 0.5) is 4.39 Å². The number of nitrogens with one attached hydrogen (secondary N) is 1. The van der Waals surface area contributed by atoms with Crippen LogP contribution in [0.25, 0.3) is 0 Å². The average Bonchev–Trinajstić information content (AvgIpc) is 2.90. The third kappa shape index (κ3) is 6.02. The van der Waals surface area contributed by atoms with E-state index >= 15 is 0 Å². The van der Waals surface area contributed by atoms with E-state index in [9.17, 15) is 17.6 Å². The molecule has 0 radical (unpaired) electrons. The van der Waals surface area contributed by atoms with Gasteiger partial charge in [0.15, 0.2) is 0 Å². The van der Waals surface area contributed by atoms with E-state index in [1.54, 1.807) is 7.11 Å². The van der Waals surface area contributed by atoms with Gasteiger partial charge < -0.3 is 10.1 Å². The molecule has 7 nitrogen and oxygen atoms in total. The average molecular weight is 504 g/mol. The second-order valence-electron chi connectivity index (χ2n) is 9.24. The fourth-order valence-corrected chi connectivity index (χ4v) is 6.54. The first kappa shape index (κ1) is 25.6. The van der Waals surface area contributed by atoms with Crippen LogP contribution in [-0.2, 0) is 14.8 Å². The molecule has 2 heterocycles. The first-order chi connectivity index (χ1) is 16.9. The predicted octanol–water partition coefficient (Wildman–Crippen LogP) is 3.58. The molecule has 1 N–H and O–H groups in total. The minimum Gasteiger partial charge on any atom is -0.497 e. The molecule has 2 aromatic rings. The number of piperidine rings is 2. The van der Waals surface area contributed by atoms with Crippen LogP contribution in [0.15, 0.2) is 53.4 Å². The van der Waals surface area contributed by atoms with E-state index in [0.29, 0.717) is 19.4 Å². The third-order valence-corrected chi connectivity index (χ3v) is 9.01. The van der Waals surface area contributed by atoms with Gasteiger partial charge in [0.25, 0.3) is 0 Å². The van der Waals surface area contributed by atoms with E-state index in [2.05, 4.69) is 22.3 Å². The number of carbonyl (C=O) groups excluding carboxylic acids is 1. The fourth-order valence-electron chi connectivity index (χ4n) is 5.01. The summed E-state index contributed by atoms with van der Waals surface area (Å²) in [5.41, 5.74) is 1.14. The molecule has 9 heteroatoms. The molecule has 0 saturated carbocycles. The van der Waals surface area contributed by atoms with Crippen LogP contribution in [0.5, 0.6) is 5.75 Å².